The number of carbonyl (C=O) groups is 1. The molecule has 0 bridgehead atoms. The van der Waals surface area contributed by atoms with Crippen LogP contribution in [-0.2, 0) is 4.79 Å². The molecule has 0 unspecified atom stereocenters. The van der Waals surface area contributed by atoms with Gasteiger partial charge in [-0.1, -0.05) is 56.0 Å². The molecule has 16 heavy (non-hydrogen) atoms. The lowest BCUT2D eigenvalue weighted by molar-refractivity contribution is -0.122. The van der Waals surface area contributed by atoms with Crippen LogP contribution in [0.2, 0.25) is 0 Å². The summed E-state index contributed by atoms with van der Waals surface area (Å²) < 4.78 is -0.466. The molecule has 0 aromatic rings. The average Bonchev–Trinajstić information content (AvgIpc) is 2.13. The van der Waals surface area contributed by atoms with Crippen LogP contribution in [0, 0.1) is 5.41 Å². The average molecular weight is 292 g/mol. The van der Waals surface area contributed by atoms with E-state index >= 15 is 0 Å². The standard InChI is InChI=1S/C13H26BrNO/c1-6-7-8-9-12(2,3)10-15-11(16)13(4,5)14/h6-10H2,1-5H3,(H,15,16). The molecule has 0 atom stereocenters. The van der Waals surface area contributed by atoms with Gasteiger partial charge in [-0.15, -0.1) is 0 Å². The number of rotatable bonds is 7. The normalized spacial score (nSPS) is 12.6. The summed E-state index contributed by atoms with van der Waals surface area (Å²) in [5, 5.41) is 3.00. The predicted molar refractivity (Wildman–Crippen MR) is 73.9 cm³/mol. The summed E-state index contributed by atoms with van der Waals surface area (Å²) >= 11 is 3.36. The minimum absolute atomic E-state index is 0.0658. The number of halogens is 1. The summed E-state index contributed by atoms with van der Waals surface area (Å²) in [4.78, 5) is 11.7. The van der Waals surface area contributed by atoms with E-state index in [4.69, 9.17) is 0 Å². The quantitative estimate of drug-likeness (QED) is 0.560. The van der Waals surface area contributed by atoms with Crippen molar-refractivity contribution in [2.24, 2.45) is 5.41 Å². The molecular weight excluding hydrogens is 266 g/mol. The highest BCUT2D eigenvalue weighted by Gasteiger charge is 2.25. The molecule has 0 spiro atoms. The molecule has 0 aliphatic carbocycles. The number of hydrogen-bond acceptors (Lipinski definition) is 1. The van der Waals surface area contributed by atoms with Gasteiger partial charge in [0, 0.05) is 6.54 Å². The van der Waals surface area contributed by atoms with E-state index in [0.29, 0.717) is 0 Å². The first kappa shape index (κ1) is 16.0. The Labute approximate surface area is 109 Å². The smallest absolute Gasteiger partial charge is 0.236 e. The van der Waals surface area contributed by atoms with Crippen molar-refractivity contribution in [1.82, 2.24) is 5.32 Å². The third-order valence-electron chi connectivity index (χ3n) is 2.72. The summed E-state index contributed by atoms with van der Waals surface area (Å²) in [6.45, 7) is 11.1. The number of hydrogen-bond donors (Lipinski definition) is 1. The van der Waals surface area contributed by atoms with E-state index in [1.54, 1.807) is 0 Å². The summed E-state index contributed by atoms with van der Waals surface area (Å²) in [6, 6.07) is 0. The molecule has 2 nitrogen and oxygen atoms in total. The van der Waals surface area contributed by atoms with Gasteiger partial charge in [0.2, 0.25) is 5.91 Å². The number of unbranched alkanes of at least 4 members (excludes halogenated alkanes) is 2. The number of nitrogens with one attached hydrogen (secondary N) is 1. The van der Waals surface area contributed by atoms with Gasteiger partial charge in [-0.2, -0.15) is 0 Å². The Morgan fingerprint density at radius 2 is 1.75 bits per heavy atom. The van der Waals surface area contributed by atoms with Crippen LogP contribution >= 0.6 is 15.9 Å². The second-order valence-corrected chi connectivity index (χ2v) is 7.76. The SMILES string of the molecule is CCCCCC(C)(C)CNC(=O)C(C)(C)Br. The van der Waals surface area contributed by atoms with Crippen LogP contribution in [0.3, 0.4) is 0 Å². The van der Waals surface area contributed by atoms with Gasteiger partial charge < -0.3 is 5.32 Å². The Hall–Kier alpha value is -0.0500. The first-order chi connectivity index (χ1) is 7.19. The summed E-state index contributed by atoms with van der Waals surface area (Å²) in [5.74, 6) is 0.0658. The first-order valence-corrected chi connectivity index (χ1v) is 6.95. The van der Waals surface area contributed by atoms with Gasteiger partial charge in [0.25, 0.3) is 0 Å². The Bertz CT molecular complexity index is 218. The molecule has 0 aromatic heterocycles. The number of amides is 1. The minimum Gasteiger partial charge on any atom is -0.354 e. The molecule has 96 valence electrons. The van der Waals surface area contributed by atoms with Crippen LogP contribution in [0.5, 0.6) is 0 Å². The lowest BCUT2D eigenvalue weighted by Crippen LogP contribution is -2.42. The lowest BCUT2D eigenvalue weighted by atomic mass is 9.87. The maximum Gasteiger partial charge on any atom is 0.236 e. The highest BCUT2D eigenvalue weighted by atomic mass is 79.9. The second kappa shape index (κ2) is 6.63. The molecular formula is C13H26BrNO. The molecule has 0 aliphatic heterocycles. The number of carbonyl (C=O) groups excluding carboxylic acids is 1. The van der Waals surface area contributed by atoms with E-state index in [2.05, 4.69) is 42.0 Å². The summed E-state index contributed by atoms with van der Waals surface area (Å²) in [6.07, 6.45) is 4.94. The third kappa shape index (κ3) is 7.26. The van der Waals surface area contributed by atoms with Crippen LogP contribution in [0.25, 0.3) is 0 Å². The molecule has 1 N–H and O–H groups in total. The lowest BCUT2D eigenvalue weighted by Gasteiger charge is -2.26. The van der Waals surface area contributed by atoms with Crippen molar-refractivity contribution in [3.63, 3.8) is 0 Å². The second-order valence-electron chi connectivity index (χ2n) is 5.78. The van der Waals surface area contributed by atoms with E-state index in [1.165, 1.54) is 25.7 Å². The minimum atomic E-state index is -0.466. The summed E-state index contributed by atoms with van der Waals surface area (Å²) in [7, 11) is 0. The van der Waals surface area contributed by atoms with Gasteiger partial charge in [-0.25, -0.2) is 0 Å². The van der Waals surface area contributed by atoms with Gasteiger partial charge in [0.15, 0.2) is 0 Å². The Kier molecular flexibility index (Phi) is 6.61. The largest absolute Gasteiger partial charge is 0.354 e. The Morgan fingerprint density at radius 1 is 1.19 bits per heavy atom. The molecule has 0 saturated heterocycles. The maximum atomic E-state index is 11.7. The molecule has 0 rings (SSSR count). The van der Waals surface area contributed by atoms with E-state index < -0.39 is 4.32 Å². The molecule has 0 aliphatic rings. The van der Waals surface area contributed by atoms with E-state index in [-0.39, 0.29) is 11.3 Å². The highest BCUT2D eigenvalue weighted by Crippen LogP contribution is 2.23. The molecule has 0 aromatic carbocycles. The fourth-order valence-corrected chi connectivity index (χ4v) is 1.61. The predicted octanol–water partition coefficient (Wildman–Crippen LogP) is 3.88. The number of alkyl halides is 1. The zero-order valence-corrected chi connectivity index (χ0v) is 12.9. The van der Waals surface area contributed by atoms with E-state index in [9.17, 15) is 4.79 Å². The van der Waals surface area contributed by atoms with Crippen LogP contribution in [0.15, 0.2) is 0 Å². The first-order valence-electron chi connectivity index (χ1n) is 6.16. The van der Waals surface area contributed by atoms with Gasteiger partial charge in [0.05, 0.1) is 4.32 Å². The fraction of sp³-hybridized carbons (Fsp3) is 0.923. The van der Waals surface area contributed by atoms with Crippen LogP contribution in [-0.4, -0.2) is 16.8 Å². The Morgan fingerprint density at radius 3 is 2.19 bits per heavy atom. The molecule has 0 heterocycles. The van der Waals surface area contributed by atoms with E-state index in [0.717, 1.165) is 6.54 Å². The highest BCUT2D eigenvalue weighted by molar-refractivity contribution is 9.10. The molecule has 0 fully saturated rings. The summed E-state index contributed by atoms with van der Waals surface area (Å²) in [5.41, 5.74) is 0.198. The van der Waals surface area contributed by atoms with Crippen molar-refractivity contribution >= 4 is 21.8 Å². The van der Waals surface area contributed by atoms with Gasteiger partial charge in [-0.05, 0) is 25.7 Å². The zero-order valence-electron chi connectivity index (χ0n) is 11.3. The molecule has 1 amide bonds. The van der Waals surface area contributed by atoms with Crippen LogP contribution < -0.4 is 5.32 Å². The third-order valence-corrected chi connectivity index (χ3v) is 3.08. The molecule has 0 saturated carbocycles. The van der Waals surface area contributed by atoms with Crippen molar-refractivity contribution in [2.75, 3.05) is 6.54 Å². The van der Waals surface area contributed by atoms with Crippen molar-refractivity contribution in [3.05, 3.63) is 0 Å². The van der Waals surface area contributed by atoms with Crippen molar-refractivity contribution in [1.29, 1.82) is 0 Å². The maximum absolute atomic E-state index is 11.7. The van der Waals surface area contributed by atoms with Crippen molar-refractivity contribution < 1.29 is 4.79 Å². The molecule has 3 heteroatoms. The van der Waals surface area contributed by atoms with Gasteiger partial charge in [-0.3, -0.25) is 4.79 Å². The monoisotopic (exact) mass is 291 g/mol. The van der Waals surface area contributed by atoms with Gasteiger partial charge >= 0.3 is 0 Å². The molecule has 0 radical (unpaired) electrons. The van der Waals surface area contributed by atoms with Crippen LogP contribution in [0.1, 0.15) is 60.3 Å². The van der Waals surface area contributed by atoms with Crippen LogP contribution in [0.4, 0.5) is 0 Å². The van der Waals surface area contributed by atoms with E-state index in [1.807, 2.05) is 13.8 Å². The fourth-order valence-electron chi connectivity index (χ4n) is 1.47. The van der Waals surface area contributed by atoms with Crippen molar-refractivity contribution in [2.45, 2.75) is 64.6 Å². The zero-order chi connectivity index (χ0) is 12.8. The van der Waals surface area contributed by atoms with Crippen molar-refractivity contribution in [3.8, 4) is 0 Å². The van der Waals surface area contributed by atoms with Gasteiger partial charge in [0.1, 0.15) is 0 Å². The Balaban J connectivity index is 3.94. The topological polar surface area (TPSA) is 29.1 Å².